The number of nitrogens with one attached hydrogen (secondary N) is 1. The molecule has 0 aliphatic rings. The molecule has 0 saturated carbocycles. The van der Waals surface area contributed by atoms with Crippen molar-refractivity contribution in [3.63, 3.8) is 0 Å². The standard InChI is InChI=1S/C16H25NO3/c1-5-13(6-2)17-16(18)10-8-12-7-9-14(19-3)15(11-12)20-4/h7,9,11,13H,5-6,8,10H2,1-4H3,(H,17,18). The zero-order valence-corrected chi connectivity index (χ0v) is 12.9. The monoisotopic (exact) mass is 279 g/mol. The van der Waals surface area contributed by atoms with Gasteiger partial charge in [-0.2, -0.15) is 0 Å². The Labute approximate surface area is 121 Å². The summed E-state index contributed by atoms with van der Waals surface area (Å²) < 4.78 is 10.5. The van der Waals surface area contributed by atoms with Crippen LogP contribution in [0.15, 0.2) is 18.2 Å². The average Bonchev–Trinajstić information content (AvgIpc) is 2.50. The SMILES string of the molecule is CCC(CC)NC(=O)CCc1ccc(OC)c(OC)c1. The summed E-state index contributed by atoms with van der Waals surface area (Å²) in [5, 5.41) is 3.04. The lowest BCUT2D eigenvalue weighted by Crippen LogP contribution is -2.33. The number of carbonyl (C=O) groups excluding carboxylic acids is 1. The van der Waals surface area contributed by atoms with E-state index >= 15 is 0 Å². The van der Waals surface area contributed by atoms with Crippen LogP contribution in [0.4, 0.5) is 0 Å². The molecule has 0 bridgehead atoms. The number of ether oxygens (including phenoxy) is 2. The predicted octanol–water partition coefficient (Wildman–Crippen LogP) is 2.94. The Kier molecular flexibility index (Phi) is 6.91. The molecule has 0 fully saturated rings. The van der Waals surface area contributed by atoms with E-state index in [9.17, 15) is 4.79 Å². The van der Waals surface area contributed by atoms with Crippen molar-refractivity contribution in [2.45, 2.75) is 45.6 Å². The van der Waals surface area contributed by atoms with Gasteiger partial charge in [-0.1, -0.05) is 19.9 Å². The molecule has 112 valence electrons. The van der Waals surface area contributed by atoms with E-state index < -0.39 is 0 Å². The lowest BCUT2D eigenvalue weighted by molar-refractivity contribution is -0.121. The number of hydrogen-bond donors (Lipinski definition) is 1. The first-order valence-electron chi connectivity index (χ1n) is 7.14. The van der Waals surface area contributed by atoms with Gasteiger partial charge in [-0.3, -0.25) is 4.79 Å². The molecule has 0 unspecified atom stereocenters. The van der Waals surface area contributed by atoms with Crippen molar-refractivity contribution in [3.05, 3.63) is 23.8 Å². The second-order valence-corrected chi connectivity index (χ2v) is 4.77. The van der Waals surface area contributed by atoms with Gasteiger partial charge in [-0.25, -0.2) is 0 Å². The highest BCUT2D eigenvalue weighted by Crippen LogP contribution is 2.27. The van der Waals surface area contributed by atoms with Crippen molar-refractivity contribution in [2.75, 3.05) is 14.2 Å². The molecule has 1 amide bonds. The van der Waals surface area contributed by atoms with E-state index in [1.807, 2.05) is 18.2 Å². The van der Waals surface area contributed by atoms with Gasteiger partial charge in [-0.15, -0.1) is 0 Å². The zero-order chi connectivity index (χ0) is 15.0. The van der Waals surface area contributed by atoms with Crippen LogP contribution in [0.2, 0.25) is 0 Å². The quantitative estimate of drug-likeness (QED) is 0.796. The predicted molar refractivity (Wildman–Crippen MR) is 80.4 cm³/mol. The molecule has 0 radical (unpaired) electrons. The molecule has 0 saturated heterocycles. The van der Waals surface area contributed by atoms with Crippen LogP contribution in [0.3, 0.4) is 0 Å². The Bertz CT molecular complexity index is 428. The summed E-state index contributed by atoms with van der Waals surface area (Å²) in [6.07, 6.45) is 3.13. The Morgan fingerprint density at radius 2 is 1.80 bits per heavy atom. The Hall–Kier alpha value is -1.71. The van der Waals surface area contributed by atoms with Gasteiger partial charge in [0.05, 0.1) is 14.2 Å². The highest BCUT2D eigenvalue weighted by atomic mass is 16.5. The van der Waals surface area contributed by atoms with Crippen molar-refractivity contribution in [1.29, 1.82) is 0 Å². The van der Waals surface area contributed by atoms with Crippen LogP contribution < -0.4 is 14.8 Å². The third kappa shape index (κ3) is 4.76. The van der Waals surface area contributed by atoms with Crippen LogP contribution in [-0.2, 0) is 11.2 Å². The van der Waals surface area contributed by atoms with Crippen LogP contribution >= 0.6 is 0 Å². The van der Waals surface area contributed by atoms with Crippen LogP contribution in [-0.4, -0.2) is 26.2 Å². The Morgan fingerprint density at radius 1 is 1.15 bits per heavy atom. The molecule has 0 atom stereocenters. The van der Waals surface area contributed by atoms with E-state index in [0.717, 1.165) is 18.4 Å². The van der Waals surface area contributed by atoms with Crippen LogP contribution in [0.5, 0.6) is 11.5 Å². The summed E-state index contributed by atoms with van der Waals surface area (Å²) in [5.74, 6) is 1.51. The van der Waals surface area contributed by atoms with Gasteiger partial charge in [-0.05, 0) is 37.0 Å². The number of amides is 1. The minimum Gasteiger partial charge on any atom is -0.493 e. The maximum atomic E-state index is 11.9. The number of methoxy groups -OCH3 is 2. The van der Waals surface area contributed by atoms with Gasteiger partial charge in [0.2, 0.25) is 5.91 Å². The number of rotatable bonds is 8. The van der Waals surface area contributed by atoms with Crippen LogP contribution in [0.25, 0.3) is 0 Å². The molecule has 0 aromatic heterocycles. The van der Waals surface area contributed by atoms with Crippen LogP contribution in [0.1, 0.15) is 38.7 Å². The molecular weight excluding hydrogens is 254 g/mol. The fourth-order valence-electron chi connectivity index (χ4n) is 2.09. The van der Waals surface area contributed by atoms with Gasteiger partial charge in [0.15, 0.2) is 11.5 Å². The fourth-order valence-corrected chi connectivity index (χ4v) is 2.09. The fraction of sp³-hybridized carbons (Fsp3) is 0.562. The normalized spacial score (nSPS) is 10.4. The summed E-state index contributed by atoms with van der Waals surface area (Å²) in [7, 11) is 3.22. The molecule has 1 aromatic carbocycles. The first kappa shape index (κ1) is 16.3. The smallest absolute Gasteiger partial charge is 0.220 e. The minimum absolute atomic E-state index is 0.105. The van der Waals surface area contributed by atoms with Crippen molar-refractivity contribution in [1.82, 2.24) is 5.32 Å². The highest BCUT2D eigenvalue weighted by Gasteiger charge is 2.09. The van der Waals surface area contributed by atoms with Gasteiger partial charge >= 0.3 is 0 Å². The topological polar surface area (TPSA) is 47.6 Å². The Morgan fingerprint density at radius 3 is 2.35 bits per heavy atom. The molecule has 0 aliphatic heterocycles. The number of aryl methyl sites for hydroxylation is 1. The highest BCUT2D eigenvalue weighted by molar-refractivity contribution is 5.76. The molecule has 4 nitrogen and oxygen atoms in total. The van der Waals surface area contributed by atoms with Crippen molar-refractivity contribution < 1.29 is 14.3 Å². The molecule has 20 heavy (non-hydrogen) atoms. The number of benzene rings is 1. The van der Waals surface area contributed by atoms with Crippen molar-refractivity contribution >= 4 is 5.91 Å². The molecule has 0 aliphatic carbocycles. The van der Waals surface area contributed by atoms with E-state index in [4.69, 9.17) is 9.47 Å². The van der Waals surface area contributed by atoms with Gasteiger partial charge in [0.25, 0.3) is 0 Å². The molecule has 0 spiro atoms. The summed E-state index contributed by atoms with van der Waals surface area (Å²) >= 11 is 0. The zero-order valence-electron chi connectivity index (χ0n) is 12.9. The van der Waals surface area contributed by atoms with Crippen LogP contribution in [0, 0.1) is 0 Å². The lowest BCUT2D eigenvalue weighted by atomic mass is 10.1. The summed E-state index contributed by atoms with van der Waals surface area (Å²) in [5.41, 5.74) is 1.07. The molecular formula is C16H25NO3. The molecule has 1 N–H and O–H groups in total. The second kappa shape index (κ2) is 8.46. The van der Waals surface area contributed by atoms with E-state index in [-0.39, 0.29) is 11.9 Å². The molecule has 0 heterocycles. The largest absolute Gasteiger partial charge is 0.493 e. The Balaban J connectivity index is 2.55. The van der Waals surface area contributed by atoms with Gasteiger partial charge in [0, 0.05) is 12.5 Å². The molecule has 4 heteroatoms. The first-order chi connectivity index (χ1) is 9.64. The summed E-state index contributed by atoms with van der Waals surface area (Å²) in [6, 6.07) is 6.04. The number of hydrogen-bond acceptors (Lipinski definition) is 3. The van der Waals surface area contributed by atoms with Crippen molar-refractivity contribution in [3.8, 4) is 11.5 Å². The summed E-state index contributed by atoms with van der Waals surface area (Å²) in [4.78, 5) is 11.9. The van der Waals surface area contributed by atoms with Crippen molar-refractivity contribution in [2.24, 2.45) is 0 Å². The maximum Gasteiger partial charge on any atom is 0.220 e. The number of carbonyl (C=O) groups is 1. The average molecular weight is 279 g/mol. The molecule has 1 aromatic rings. The van der Waals surface area contributed by atoms with Gasteiger partial charge < -0.3 is 14.8 Å². The second-order valence-electron chi connectivity index (χ2n) is 4.77. The lowest BCUT2D eigenvalue weighted by Gasteiger charge is -2.14. The van der Waals surface area contributed by atoms with E-state index in [1.54, 1.807) is 14.2 Å². The van der Waals surface area contributed by atoms with E-state index in [0.29, 0.717) is 24.3 Å². The van der Waals surface area contributed by atoms with E-state index in [1.165, 1.54) is 0 Å². The van der Waals surface area contributed by atoms with E-state index in [2.05, 4.69) is 19.2 Å². The van der Waals surface area contributed by atoms with Gasteiger partial charge in [0.1, 0.15) is 0 Å². The maximum absolute atomic E-state index is 11.9. The third-order valence-electron chi connectivity index (χ3n) is 3.44. The summed E-state index contributed by atoms with van der Waals surface area (Å²) in [6.45, 7) is 4.17. The molecule has 1 rings (SSSR count). The third-order valence-corrected chi connectivity index (χ3v) is 3.44. The first-order valence-corrected chi connectivity index (χ1v) is 7.14. The minimum atomic E-state index is 0.105.